The van der Waals surface area contributed by atoms with Crippen molar-refractivity contribution in [2.75, 3.05) is 18.4 Å². The van der Waals surface area contributed by atoms with Crippen LogP contribution >= 0.6 is 11.3 Å². The van der Waals surface area contributed by atoms with E-state index in [1.165, 1.54) is 33.8 Å². The fourth-order valence-electron chi connectivity index (χ4n) is 3.33. The average molecular weight is 447 g/mol. The van der Waals surface area contributed by atoms with Crippen LogP contribution in [-0.4, -0.2) is 41.9 Å². The van der Waals surface area contributed by atoms with Crippen molar-refractivity contribution in [2.24, 2.45) is 0 Å². The Kier molecular flexibility index (Phi) is 5.89. The minimum absolute atomic E-state index is 0.0421. The molecular formula is C20H19FN4O3S2. The Balaban J connectivity index is 1.39. The summed E-state index contributed by atoms with van der Waals surface area (Å²) in [5, 5.41) is 11.6. The number of hydrogen-bond donors (Lipinski definition) is 1. The molecule has 1 saturated heterocycles. The summed E-state index contributed by atoms with van der Waals surface area (Å²) in [5.74, 6) is -0.850. The largest absolute Gasteiger partial charge is 0.320 e. The lowest BCUT2D eigenvalue weighted by Gasteiger charge is -2.30. The Morgan fingerprint density at radius 1 is 1.07 bits per heavy atom. The highest BCUT2D eigenvalue weighted by molar-refractivity contribution is 7.89. The van der Waals surface area contributed by atoms with Crippen LogP contribution in [0.5, 0.6) is 0 Å². The summed E-state index contributed by atoms with van der Waals surface area (Å²) in [6.07, 6.45) is 1.21. The summed E-state index contributed by atoms with van der Waals surface area (Å²) in [5.41, 5.74) is 0.344. The summed E-state index contributed by atoms with van der Waals surface area (Å²) < 4.78 is 40.2. The number of amides is 1. The Hall–Kier alpha value is -2.69. The maximum absolute atomic E-state index is 13.3. The maximum atomic E-state index is 13.3. The Morgan fingerprint density at radius 2 is 1.80 bits per heavy atom. The number of carbonyl (C=O) groups excluding carboxylic acids is 1. The van der Waals surface area contributed by atoms with E-state index in [4.69, 9.17) is 0 Å². The van der Waals surface area contributed by atoms with Crippen LogP contribution in [0.4, 0.5) is 10.1 Å². The van der Waals surface area contributed by atoms with E-state index < -0.39 is 21.7 Å². The highest BCUT2D eigenvalue weighted by Gasteiger charge is 2.31. The topological polar surface area (TPSA) is 92.3 Å². The van der Waals surface area contributed by atoms with Crippen LogP contribution < -0.4 is 5.32 Å². The SMILES string of the molecule is O=C(Nc1cccc(F)c1)c1nnc(C2CCN(S(=O)(=O)c3ccccc3)CC2)s1. The molecule has 7 nitrogen and oxygen atoms in total. The second-order valence-corrected chi connectivity index (χ2v) is 9.85. The van der Waals surface area contributed by atoms with Gasteiger partial charge in [-0.15, -0.1) is 10.2 Å². The molecule has 2 aromatic carbocycles. The molecule has 0 spiro atoms. The van der Waals surface area contributed by atoms with Crippen molar-refractivity contribution in [1.29, 1.82) is 0 Å². The molecule has 0 radical (unpaired) electrons. The third-order valence-electron chi connectivity index (χ3n) is 4.90. The predicted octanol–water partition coefficient (Wildman–Crippen LogP) is 3.50. The molecule has 2 heterocycles. The standard InChI is InChI=1S/C20H19FN4O3S2/c21-15-5-4-6-16(13-15)22-18(26)20-24-23-19(29-20)14-9-11-25(12-10-14)30(27,28)17-7-2-1-3-8-17/h1-8,13-14H,9-12H2,(H,22,26). The van der Waals surface area contributed by atoms with Gasteiger partial charge in [0.05, 0.1) is 4.90 Å². The number of sulfonamides is 1. The molecule has 0 aliphatic carbocycles. The predicted molar refractivity (Wildman–Crippen MR) is 111 cm³/mol. The quantitative estimate of drug-likeness (QED) is 0.648. The van der Waals surface area contributed by atoms with Crippen LogP contribution in [0.2, 0.25) is 0 Å². The minimum atomic E-state index is -3.51. The summed E-state index contributed by atoms with van der Waals surface area (Å²) >= 11 is 1.18. The number of nitrogens with one attached hydrogen (secondary N) is 1. The molecular weight excluding hydrogens is 427 g/mol. The molecule has 1 fully saturated rings. The number of piperidine rings is 1. The molecule has 0 unspecified atom stereocenters. The van der Waals surface area contributed by atoms with Gasteiger partial charge in [-0.1, -0.05) is 35.6 Å². The fraction of sp³-hybridized carbons (Fsp3) is 0.250. The fourth-order valence-corrected chi connectivity index (χ4v) is 5.72. The van der Waals surface area contributed by atoms with Gasteiger partial charge < -0.3 is 5.32 Å². The lowest BCUT2D eigenvalue weighted by atomic mass is 9.99. The number of nitrogens with zero attached hydrogens (tertiary/aromatic N) is 3. The number of rotatable bonds is 5. The Morgan fingerprint density at radius 3 is 2.50 bits per heavy atom. The Bertz CT molecular complexity index is 1140. The number of carbonyl (C=O) groups is 1. The lowest BCUT2D eigenvalue weighted by Crippen LogP contribution is -2.37. The Labute approximate surface area is 177 Å². The van der Waals surface area contributed by atoms with Gasteiger partial charge in [-0.25, -0.2) is 12.8 Å². The van der Waals surface area contributed by atoms with E-state index in [1.54, 1.807) is 36.4 Å². The molecule has 1 aromatic heterocycles. The van der Waals surface area contributed by atoms with Crippen molar-refractivity contribution in [3.8, 4) is 0 Å². The molecule has 1 N–H and O–H groups in total. The van der Waals surface area contributed by atoms with Crippen LogP contribution in [0.15, 0.2) is 59.5 Å². The first kappa shape index (κ1) is 20.6. The molecule has 4 rings (SSSR count). The van der Waals surface area contributed by atoms with Crippen molar-refractivity contribution in [3.63, 3.8) is 0 Å². The van der Waals surface area contributed by atoms with Crippen LogP contribution in [0.3, 0.4) is 0 Å². The summed E-state index contributed by atoms with van der Waals surface area (Å²) in [6, 6.07) is 14.0. The van der Waals surface area contributed by atoms with Crippen molar-refractivity contribution >= 4 is 33.0 Å². The second kappa shape index (κ2) is 8.58. The van der Waals surface area contributed by atoms with Crippen molar-refractivity contribution < 1.29 is 17.6 Å². The summed E-state index contributed by atoms with van der Waals surface area (Å²) in [4.78, 5) is 12.6. The number of aromatic nitrogens is 2. The first-order valence-corrected chi connectivity index (χ1v) is 11.6. The molecule has 1 amide bonds. The van der Waals surface area contributed by atoms with Gasteiger partial charge in [0.1, 0.15) is 10.8 Å². The number of hydrogen-bond acceptors (Lipinski definition) is 6. The second-order valence-electron chi connectivity index (χ2n) is 6.90. The maximum Gasteiger partial charge on any atom is 0.286 e. The summed E-state index contributed by atoms with van der Waals surface area (Å²) in [7, 11) is -3.51. The molecule has 156 valence electrons. The molecule has 10 heteroatoms. The zero-order valence-corrected chi connectivity index (χ0v) is 17.5. The molecule has 1 aliphatic heterocycles. The van der Waals surface area contributed by atoms with Gasteiger partial charge in [-0.3, -0.25) is 4.79 Å². The zero-order chi connectivity index (χ0) is 21.1. The smallest absolute Gasteiger partial charge is 0.286 e. The van der Waals surface area contributed by atoms with E-state index in [-0.39, 0.29) is 15.8 Å². The van der Waals surface area contributed by atoms with E-state index in [1.807, 2.05) is 0 Å². The van der Waals surface area contributed by atoms with Gasteiger partial charge in [0.25, 0.3) is 5.91 Å². The van der Waals surface area contributed by atoms with Gasteiger partial charge in [-0.2, -0.15) is 4.31 Å². The molecule has 0 atom stereocenters. The van der Waals surface area contributed by atoms with E-state index >= 15 is 0 Å². The van der Waals surface area contributed by atoms with Crippen LogP contribution in [0, 0.1) is 5.82 Å². The van der Waals surface area contributed by atoms with Gasteiger partial charge in [0.2, 0.25) is 15.0 Å². The summed E-state index contributed by atoms with van der Waals surface area (Å²) in [6.45, 7) is 0.762. The van der Waals surface area contributed by atoms with Crippen molar-refractivity contribution in [1.82, 2.24) is 14.5 Å². The van der Waals surface area contributed by atoms with E-state index in [9.17, 15) is 17.6 Å². The van der Waals surface area contributed by atoms with Gasteiger partial charge in [0.15, 0.2) is 0 Å². The van der Waals surface area contributed by atoms with E-state index in [0.29, 0.717) is 36.6 Å². The normalized spacial score (nSPS) is 15.8. The lowest BCUT2D eigenvalue weighted by molar-refractivity contribution is 0.102. The van der Waals surface area contributed by atoms with Crippen molar-refractivity contribution in [2.45, 2.75) is 23.7 Å². The molecule has 1 aliphatic rings. The van der Waals surface area contributed by atoms with Crippen LogP contribution in [-0.2, 0) is 10.0 Å². The van der Waals surface area contributed by atoms with Gasteiger partial charge in [0, 0.05) is 24.7 Å². The molecule has 30 heavy (non-hydrogen) atoms. The minimum Gasteiger partial charge on any atom is -0.320 e. The van der Waals surface area contributed by atoms with Gasteiger partial charge in [-0.05, 0) is 43.2 Å². The monoisotopic (exact) mass is 446 g/mol. The first-order chi connectivity index (χ1) is 14.4. The zero-order valence-electron chi connectivity index (χ0n) is 15.9. The van der Waals surface area contributed by atoms with Crippen LogP contribution in [0.1, 0.15) is 33.6 Å². The van der Waals surface area contributed by atoms with E-state index in [0.717, 1.165) is 0 Å². The average Bonchev–Trinajstić information content (AvgIpc) is 3.25. The van der Waals surface area contributed by atoms with Crippen LogP contribution in [0.25, 0.3) is 0 Å². The highest BCUT2D eigenvalue weighted by Crippen LogP contribution is 2.32. The van der Waals surface area contributed by atoms with Crippen molar-refractivity contribution in [3.05, 3.63) is 70.4 Å². The van der Waals surface area contributed by atoms with Gasteiger partial charge >= 0.3 is 0 Å². The first-order valence-electron chi connectivity index (χ1n) is 9.39. The van der Waals surface area contributed by atoms with E-state index in [2.05, 4.69) is 15.5 Å². The third kappa shape index (κ3) is 4.40. The number of halogens is 1. The molecule has 0 bridgehead atoms. The highest BCUT2D eigenvalue weighted by atomic mass is 32.2. The molecule has 0 saturated carbocycles. The number of benzene rings is 2. The number of anilines is 1. The third-order valence-corrected chi connectivity index (χ3v) is 7.90. The molecule has 3 aromatic rings.